The zero-order chi connectivity index (χ0) is 35.3. The van der Waals surface area contributed by atoms with Crippen LogP contribution in [-0.4, -0.2) is 0 Å². The van der Waals surface area contributed by atoms with Gasteiger partial charge in [0.2, 0.25) is 0 Å². The lowest BCUT2D eigenvalue weighted by atomic mass is 9.84. The predicted octanol–water partition coefficient (Wildman–Crippen LogP) is 16.0. The molecular weight excluding hydrogens is 689 g/mol. The quantitative estimate of drug-likeness (QED) is 0.160. The Balaban J connectivity index is 1.10. The molecule has 0 amide bonds. The molecule has 0 saturated carbocycles. The highest BCUT2D eigenvalue weighted by atomic mass is 32.1. The fourth-order valence-electron chi connectivity index (χ4n) is 9.11. The minimum atomic E-state index is 1.23. The van der Waals surface area contributed by atoms with Crippen molar-refractivity contribution in [3.05, 3.63) is 182 Å². The van der Waals surface area contributed by atoms with E-state index in [2.05, 4.69) is 182 Å². The van der Waals surface area contributed by atoms with E-state index < -0.39 is 0 Å². The lowest BCUT2D eigenvalue weighted by Gasteiger charge is -2.19. The van der Waals surface area contributed by atoms with E-state index in [0.717, 1.165) is 0 Å². The fraction of sp³-hybridized carbons (Fsp3) is 0. The highest BCUT2D eigenvalue weighted by Crippen LogP contribution is 2.50. The van der Waals surface area contributed by atoms with Gasteiger partial charge in [-0.05, 0) is 95.3 Å². The van der Waals surface area contributed by atoms with Gasteiger partial charge in [0, 0.05) is 45.7 Å². The summed E-state index contributed by atoms with van der Waals surface area (Å²) in [5.41, 5.74) is 7.56. The van der Waals surface area contributed by atoms with Crippen LogP contribution < -0.4 is 0 Å². The molecule has 0 aliphatic heterocycles. The van der Waals surface area contributed by atoms with Crippen molar-refractivity contribution in [1.82, 2.24) is 0 Å². The van der Waals surface area contributed by atoms with Crippen LogP contribution in [0.5, 0.6) is 0 Å². The zero-order valence-corrected chi connectivity index (χ0v) is 30.8. The molecule has 0 unspecified atom stereocenters. The smallest absolute Gasteiger partial charge is 0.0455 e. The molecule has 0 bridgehead atoms. The van der Waals surface area contributed by atoms with Gasteiger partial charge in [-0.1, -0.05) is 158 Å². The minimum Gasteiger partial charge on any atom is -0.134 e. The van der Waals surface area contributed by atoms with E-state index in [0.29, 0.717) is 0 Å². The molecule has 12 aromatic rings. The average Bonchev–Trinajstić information content (AvgIpc) is 3.82. The van der Waals surface area contributed by atoms with Crippen molar-refractivity contribution in [2.24, 2.45) is 0 Å². The molecule has 10 aromatic carbocycles. The van der Waals surface area contributed by atoms with Crippen LogP contribution >= 0.6 is 22.7 Å². The highest BCUT2D eigenvalue weighted by Gasteiger charge is 2.20. The Hall–Kier alpha value is -6.32. The third-order valence-electron chi connectivity index (χ3n) is 11.4. The normalized spacial score (nSPS) is 12.1. The van der Waals surface area contributed by atoms with Gasteiger partial charge in [0.15, 0.2) is 0 Å². The summed E-state index contributed by atoms with van der Waals surface area (Å²) in [7, 11) is 0. The molecule has 0 radical (unpaired) electrons. The van der Waals surface area contributed by atoms with Gasteiger partial charge in [-0.25, -0.2) is 0 Å². The molecule has 54 heavy (non-hydrogen) atoms. The summed E-state index contributed by atoms with van der Waals surface area (Å²) in [4.78, 5) is 0. The molecule has 0 saturated heterocycles. The Morgan fingerprint density at radius 1 is 0.278 bits per heavy atom. The van der Waals surface area contributed by atoms with Crippen LogP contribution in [0.2, 0.25) is 0 Å². The molecular formula is C52H30S2. The second-order valence-electron chi connectivity index (χ2n) is 14.3. The molecule has 0 atom stereocenters. The Morgan fingerprint density at radius 2 is 0.815 bits per heavy atom. The second-order valence-corrected chi connectivity index (χ2v) is 16.4. The van der Waals surface area contributed by atoms with Gasteiger partial charge in [0.1, 0.15) is 0 Å². The van der Waals surface area contributed by atoms with Gasteiger partial charge in [-0.3, -0.25) is 0 Å². The lowest BCUT2D eigenvalue weighted by molar-refractivity contribution is 1.63. The lowest BCUT2D eigenvalue weighted by Crippen LogP contribution is -1.92. The molecule has 2 heterocycles. The maximum absolute atomic E-state index is 2.44. The van der Waals surface area contributed by atoms with Crippen LogP contribution in [0.15, 0.2) is 182 Å². The number of hydrogen-bond acceptors (Lipinski definition) is 2. The second kappa shape index (κ2) is 11.6. The minimum absolute atomic E-state index is 1.23. The average molecular weight is 719 g/mol. The molecule has 0 nitrogen and oxygen atoms in total. The van der Waals surface area contributed by atoms with Crippen molar-refractivity contribution in [3.8, 4) is 33.4 Å². The fourth-order valence-corrected chi connectivity index (χ4v) is 11.7. The Morgan fingerprint density at radius 3 is 1.59 bits per heavy atom. The number of fused-ring (bicyclic) bond motifs is 13. The van der Waals surface area contributed by atoms with Gasteiger partial charge < -0.3 is 0 Å². The SMILES string of the molecule is c1cc(-c2ccc3sc4c(c3c2)c2ccccc2c2sc3ccccc3c24)cc(-c2c3ccccc3c(-c3cccc4ccccc34)c3ccccc23)c1. The summed E-state index contributed by atoms with van der Waals surface area (Å²) in [6.07, 6.45) is 0. The van der Waals surface area contributed by atoms with E-state index >= 15 is 0 Å². The largest absolute Gasteiger partial charge is 0.134 e. The van der Waals surface area contributed by atoms with Crippen molar-refractivity contribution < 1.29 is 0 Å². The maximum Gasteiger partial charge on any atom is 0.0455 e. The van der Waals surface area contributed by atoms with E-state index in [-0.39, 0.29) is 0 Å². The van der Waals surface area contributed by atoms with Crippen LogP contribution in [0.25, 0.3) is 117 Å². The standard InChI is InChI=1S/C52H30S2/c1-2-17-35-31(13-1)14-12-25-36(35)48-39-20-5-3-18-37(39)47(38-19-4-6-21-40(38)48)34-16-11-15-32(29-34)33-27-28-46-44(30-33)49-41-22-7-8-23-42(41)51-50(52(49)54-46)43-24-9-10-26-45(43)53-51/h1-30H. The van der Waals surface area contributed by atoms with Gasteiger partial charge in [-0.2, -0.15) is 0 Å². The molecule has 0 aliphatic rings. The van der Waals surface area contributed by atoms with Crippen LogP contribution in [0.1, 0.15) is 0 Å². The van der Waals surface area contributed by atoms with E-state index in [9.17, 15) is 0 Å². The van der Waals surface area contributed by atoms with Crippen LogP contribution in [0.4, 0.5) is 0 Å². The van der Waals surface area contributed by atoms with E-state index in [1.54, 1.807) is 0 Å². The Bertz CT molecular complexity index is 3440. The first-order valence-electron chi connectivity index (χ1n) is 18.5. The summed E-state index contributed by atoms with van der Waals surface area (Å²) in [5.74, 6) is 0. The van der Waals surface area contributed by atoms with Gasteiger partial charge in [0.25, 0.3) is 0 Å². The van der Waals surface area contributed by atoms with Crippen molar-refractivity contribution >= 4 is 106 Å². The highest BCUT2D eigenvalue weighted by molar-refractivity contribution is 7.30. The van der Waals surface area contributed by atoms with E-state index in [1.807, 2.05) is 22.7 Å². The van der Waals surface area contributed by atoms with Crippen molar-refractivity contribution in [3.63, 3.8) is 0 Å². The van der Waals surface area contributed by atoms with Gasteiger partial charge in [0.05, 0.1) is 0 Å². The van der Waals surface area contributed by atoms with Gasteiger partial charge >= 0.3 is 0 Å². The topological polar surface area (TPSA) is 0 Å². The summed E-state index contributed by atoms with van der Waals surface area (Å²) >= 11 is 3.86. The number of rotatable bonds is 3. The van der Waals surface area contributed by atoms with Crippen molar-refractivity contribution in [1.29, 1.82) is 0 Å². The van der Waals surface area contributed by atoms with Gasteiger partial charge in [-0.15, -0.1) is 22.7 Å². The first-order valence-corrected chi connectivity index (χ1v) is 20.1. The molecule has 0 aliphatic carbocycles. The summed E-state index contributed by atoms with van der Waals surface area (Å²) in [6, 6.07) is 67.6. The number of thiophene rings is 2. The molecule has 2 heteroatoms. The Labute approximate surface area is 319 Å². The van der Waals surface area contributed by atoms with E-state index in [4.69, 9.17) is 0 Å². The Kier molecular flexibility index (Phi) is 6.48. The third-order valence-corrected chi connectivity index (χ3v) is 13.8. The van der Waals surface area contributed by atoms with Crippen LogP contribution in [0.3, 0.4) is 0 Å². The zero-order valence-electron chi connectivity index (χ0n) is 29.1. The van der Waals surface area contributed by atoms with Crippen LogP contribution in [-0.2, 0) is 0 Å². The molecule has 12 rings (SSSR count). The van der Waals surface area contributed by atoms with Crippen LogP contribution in [0, 0.1) is 0 Å². The maximum atomic E-state index is 2.44. The first-order chi connectivity index (χ1) is 26.8. The van der Waals surface area contributed by atoms with E-state index in [1.165, 1.54) is 117 Å². The monoisotopic (exact) mass is 718 g/mol. The molecule has 0 N–H and O–H groups in total. The van der Waals surface area contributed by atoms with Crippen molar-refractivity contribution in [2.75, 3.05) is 0 Å². The summed E-state index contributed by atoms with van der Waals surface area (Å²) in [5, 5.41) is 15.8. The molecule has 0 fully saturated rings. The van der Waals surface area contributed by atoms with Crippen molar-refractivity contribution in [2.45, 2.75) is 0 Å². The molecule has 0 spiro atoms. The number of hydrogen-bond donors (Lipinski definition) is 0. The number of benzene rings is 10. The molecule has 2 aromatic heterocycles. The summed E-state index contributed by atoms with van der Waals surface area (Å²) < 4.78 is 5.47. The molecule has 250 valence electrons. The predicted molar refractivity (Wildman–Crippen MR) is 239 cm³/mol. The third kappa shape index (κ3) is 4.30. The summed E-state index contributed by atoms with van der Waals surface area (Å²) in [6.45, 7) is 0. The first kappa shape index (κ1) is 30.2.